The molecule has 0 bridgehead atoms. The molecule has 4 heteroatoms. The first-order chi connectivity index (χ1) is 9.67. The first-order valence-corrected chi connectivity index (χ1v) is 8.36. The molecule has 3 unspecified atom stereocenters. The monoisotopic (exact) mass is 283 g/mol. The van der Waals surface area contributed by atoms with Gasteiger partial charge in [-0.3, -0.25) is 9.80 Å². The van der Waals surface area contributed by atoms with Crippen molar-refractivity contribution in [2.75, 3.05) is 40.3 Å². The van der Waals surface area contributed by atoms with Crippen molar-refractivity contribution in [2.45, 2.75) is 63.1 Å². The maximum absolute atomic E-state index is 6.21. The Balaban J connectivity index is 2.05. The predicted octanol–water partition coefficient (Wildman–Crippen LogP) is 1.69. The third kappa shape index (κ3) is 3.03. The maximum atomic E-state index is 6.21. The topological polar surface area (TPSA) is 41.7 Å². The fraction of sp³-hybridized carbons (Fsp3) is 1.00. The Morgan fingerprint density at radius 3 is 2.75 bits per heavy atom. The number of nitrogens with two attached hydrogens (primary N) is 1. The Morgan fingerprint density at radius 2 is 2.10 bits per heavy atom. The molecule has 2 aliphatic rings. The van der Waals surface area contributed by atoms with Crippen LogP contribution in [-0.2, 0) is 4.74 Å². The van der Waals surface area contributed by atoms with Gasteiger partial charge in [0, 0.05) is 26.2 Å². The average molecular weight is 283 g/mol. The van der Waals surface area contributed by atoms with E-state index in [1.807, 2.05) is 7.11 Å². The van der Waals surface area contributed by atoms with E-state index in [0.29, 0.717) is 18.7 Å². The van der Waals surface area contributed by atoms with Gasteiger partial charge in [-0.05, 0) is 45.8 Å². The average Bonchev–Trinajstić information content (AvgIpc) is 2.93. The van der Waals surface area contributed by atoms with Crippen LogP contribution in [0.25, 0.3) is 0 Å². The van der Waals surface area contributed by atoms with Gasteiger partial charge in [0.1, 0.15) is 0 Å². The minimum absolute atomic E-state index is 0.0506. The molecule has 20 heavy (non-hydrogen) atoms. The van der Waals surface area contributed by atoms with E-state index in [1.165, 1.54) is 45.2 Å². The van der Waals surface area contributed by atoms with E-state index in [2.05, 4.69) is 23.8 Å². The van der Waals surface area contributed by atoms with Crippen molar-refractivity contribution >= 4 is 0 Å². The fourth-order valence-electron chi connectivity index (χ4n) is 4.37. The number of hydrogen-bond acceptors (Lipinski definition) is 4. The van der Waals surface area contributed by atoms with Crippen LogP contribution in [0.1, 0.15) is 45.4 Å². The standard InChI is InChI=1S/C16H33N3O/c1-4-19-11-7-8-14(19)12-18(2)16(13-17)10-6-5-9-15(16)20-3/h14-15H,4-13,17H2,1-3H3. The van der Waals surface area contributed by atoms with Gasteiger partial charge in [-0.1, -0.05) is 19.8 Å². The number of ether oxygens (including phenoxy) is 1. The molecule has 1 saturated carbocycles. The van der Waals surface area contributed by atoms with Crippen molar-refractivity contribution in [3.8, 4) is 0 Å². The van der Waals surface area contributed by atoms with Crippen molar-refractivity contribution in [3.63, 3.8) is 0 Å². The summed E-state index contributed by atoms with van der Waals surface area (Å²) >= 11 is 0. The molecule has 118 valence electrons. The summed E-state index contributed by atoms with van der Waals surface area (Å²) in [4.78, 5) is 5.14. The van der Waals surface area contributed by atoms with Gasteiger partial charge >= 0.3 is 0 Å². The van der Waals surface area contributed by atoms with Crippen LogP contribution in [0.4, 0.5) is 0 Å². The van der Waals surface area contributed by atoms with Crippen LogP contribution in [0, 0.1) is 0 Å². The van der Waals surface area contributed by atoms with Crippen LogP contribution < -0.4 is 5.73 Å². The lowest BCUT2D eigenvalue weighted by molar-refractivity contribution is -0.0708. The van der Waals surface area contributed by atoms with Gasteiger partial charge < -0.3 is 10.5 Å². The van der Waals surface area contributed by atoms with Crippen molar-refractivity contribution in [3.05, 3.63) is 0 Å². The Hall–Kier alpha value is -0.160. The molecular weight excluding hydrogens is 250 g/mol. The molecule has 0 amide bonds. The van der Waals surface area contributed by atoms with Gasteiger partial charge in [-0.15, -0.1) is 0 Å². The fourth-order valence-corrected chi connectivity index (χ4v) is 4.37. The molecule has 0 aromatic rings. The highest BCUT2D eigenvalue weighted by atomic mass is 16.5. The third-order valence-electron chi connectivity index (χ3n) is 5.71. The molecule has 0 aromatic heterocycles. The smallest absolute Gasteiger partial charge is 0.0767 e. The summed E-state index contributed by atoms with van der Waals surface area (Å²) in [7, 11) is 4.11. The Bertz CT molecular complexity index is 299. The second-order valence-corrected chi connectivity index (χ2v) is 6.58. The van der Waals surface area contributed by atoms with E-state index in [0.717, 1.165) is 13.0 Å². The van der Waals surface area contributed by atoms with Gasteiger partial charge in [0.15, 0.2) is 0 Å². The Morgan fingerprint density at radius 1 is 1.30 bits per heavy atom. The summed E-state index contributed by atoms with van der Waals surface area (Å²) in [5.41, 5.74) is 6.26. The summed E-state index contributed by atoms with van der Waals surface area (Å²) in [6.07, 6.45) is 7.86. The lowest BCUT2D eigenvalue weighted by Crippen LogP contribution is -2.63. The van der Waals surface area contributed by atoms with E-state index in [9.17, 15) is 0 Å². The van der Waals surface area contributed by atoms with Crippen LogP contribution >= 0.6 is 0 Å². The third-order valence-corrected chi connectivity index (χ3v) is 5.71. The van der Waals surface area contributed by atoms with Crippen molar-refractivity contribution in [1.29, 1.82) is 0 Å². The van der Waals surface area contributed by atoms with E-state index in [4.69, 9.17) is 10.5 Å². The van der Waals surface area contributed by atoms with Crippen molar-refractivity contribution in [1.82, 2.24) is 9.80 Å². The zero-order valence-electron chi connectivity index (χ0n) is 13.6. The first kappa shape index (κ1) is 16.2. The molecule has 2 N–H and O–H groups in total. The number of hydrogen-bond donors (Lipinski definition) is 1. The largest absolute Gasteiger partial charge is 0.379 e. The molecule has 3 atom stereocenters. The molecule has 1 heterocycles. The number of nitrogens with zero attached hydrogens (tertiary/aromatic N) is 2. The van der Waals surface area contributed by atoms with Gasteiger partial charge in [0.05, 0.1) is 11.6 Å². The molecule has 2 rings (SSSR count). The molecule has 0 radical (unpaired) electrons. The molecule has 1 aliphatic carbocycles. The maximum Gasteiger partial charge on any atom is 0.0767 e. The normalized spacial score (nSPS) is 35.9. The molecule has 2 fully saturated rings. The lowest BCUT2D eigenvalue weighted by atomic mass is 9.77. The van der Waals surface area contributed by atoms with Crippen LogP contribution in [0.3, 0.4) is 0 Å². The van der Waals surface area contributed by atoms with Crippen molar-refractivity contribution < 1.29 is 4.74 Å². The zero-order valence-corrected chi connectivity index (χ0v) is 13.6. The van der Waals surface area contributed by atoms with Gasteiger partial charge in [-0.25, -0.2) is 0 Å². The highest BCUT2D eigenvalue weighted by Gasteiger charge is 2.44. The van der Waals surface area contributed by atoms with Crippen LogP contribution in [0.15, 0.2) is 0 Å². The number of likely N-dealkylation sites (N-methyl/N-ethyl adjacent to an activating group) is 2. The molecular formula is C16H33N3O. The van der Waals surface area contributed by atoms with E-state index < -0.39 is 0 Å². The minimum atomic E-state index is 0.0506. The number of methoxy groups -OCH3 is 1. The highest BCUT2D eigenvalue weighted by molar-refractivity contribution is 5.01. The summed E-state index contributed by atoms with van der Waals surface area (Å²) in [6, 6.07) is 0.702. The van der Waals surface area contributed by atoms with Crippen LogP contribution in [-0.4, -0.2) is 67.8 Å². The minimum Gasteiger partial charge on any atom is -0.379 e. The summed E-state index contributed by atoms with van der Waals surface area (Å²) < 4.78 is 5.80. The Kier molecular flexibility index (Phi) is 5.84. The molecule has 0 spiro atoms. The molecule has 4 nitrogen and oxygen atoms in total. The lowest BCUT2D eigenvalue weighted by Gasteiger charge is -2.50. The van der Waals surface area contributed by atoms with Crippen molar-refractivity contribution in [2.24, 2.45) is 5.73 Å². The second kappa shape index (κ2) is 7.21. The number of rotatable bonds is 6. The van der Waals surface area contributed by atoms with Crippen LogP contribution in [0.5, 0.6) is 0 Å². The van der Waals surface area contributed by atoms with Gasteiger partial charge in [0.25, 0.3) is 0 Å². The second-order valence-electron chi connectivity index (χ2n) is 6.58. The van der Waals surface area contributed by atoms with Gasteiger partial charge in [0.2, 0.25) is 0 Å². The van der Waals surface area contributed by atoms with Crippen LogP contribution in [0.2, 0.25) is 0 Å². The summed E-state index contributed by atoms with van der Waals surface area (Å²) in [5, 5.41) is 0. The molecule has 1 saturated heterocycles. The van der Waals surface area contributed by atoms with Gasteiger partial charge in [-0.2, -0.15) is 0 Å². The number of likely N-dealkylation sites (tertiary alicyclic amines) is 1. The van der Waals surface area contributed by atoms with E-state index in [-0.39, 0.29) is 5.54 Å². The quantitative estimate of drug-likeness (QED) is 0.805. The highest BCUT2D eigenvalue weighted by Crippen LogP contribution is 2.35. The Labute approximate surface area is 124 Å². The molecule has 0 aromatic carbocycles. The van der Waals surface area contributed by atoms with E-state index in [1.54, 1.807) is 0 Å². The SMILES string of the molecule is CCN1CCCC1CN(C)C1(CN)CCCCC1OC. The predicted molar refractivity (Wildman–Crippen MR) is 83.9 cm³/mol. The zero-order chi connectivity index (χ0) is 14.6. The van der Waals surface area contributed by atoms with E-state index >= 15 is 0 Å². The first-order valence-electron chi connectivity index (χ1n) is 8.36. The molecule has 1 aliphatic heterocycles. The summed E-state index contributed by atoms with van der Waals surface area (Å²) in [6.45, 7) is 6.54. The summed E-state index contributed by atoms with van der Waals surface area (Å²) in [5.74, 6) is 0.